The van der Waals surface area contributed by atoms with Gasteiger partial charge in [0.05, 0.1) is 6.54 Å². The zero-order valence-corrected chi connectivity index (χ0v) is 8.40. The number of hydrogen-bond acceptors (Lipinski definition) is 2. The SMILES string of the molecule is CC1=NCCN1C(=O)c1ccc(F)cc1. The van der Waals surface area contributed by atoms with Crippen LogP contribution in [0.5, 0.6) is 0 Å². The van der Waals surface area contributed by atoms with Crippen LogP contribution in [0, 0.1) is 5.82 Å². The first kappa shape index (κ1) is 9.83. The second kappa shape index (κ2) is 3.81. The van der Waals surface area contributed by atoms with Crippen molar-refractivity contribution >= 4 is 11.7 Å². The number of amidine groups is 1. The highest BCUT2D eigenvalue weighted by molar-refractivity contribution is 6.06. The van der Waals surface area contributed by atoms with Gasteiger partial charge >= 0.3 is 0 Å². The Morgan fingerprint density at radius 2 is 2.07 bits per heavy atom. The number of aliphatic imine (C=N–C) groups is 1. The fourth-order valence-electron chi connectivity index (χ4n) is 1.56. The van der Waals surface area contributed by atoms with Gasteiger partial charge in [-0.25, -0.2) is 4.39 Å². The monoisotopic (exact) mass is 206 g/mol. The van der Waals surface area contributed by atoms with Crippen LogP contribution in [0.25, 0.3) is 0 Å². The van der Waals surface area contributed by atoms with Crippen molar-refractivity contribution in [2.24, 2.45) is 4.99 Å². The van der Waals surface area contributed by atoms with Crippen molar-refractivity contribution < 1.29 is 9.18 Å². The molecule has 1 aromatic rings. The average Bonchev–Trinajstić information content (AvgIpc) is 2.65. The smallest absolute Gasteiger partial charge is 0.259 e. The van der Waals surface area contributed by atoms with Crippen LogP contribution in [0.4, 0.5) is 4.39 Å². The molecule has 1 aliphatic heterocycles. The number of hydrogen-bond donors (Lipinski definition) is 0. The van der Waals surface area contributed by atoms with Gasteiger partial charge in [-0.2, -0.15) is 0 Å². The van der Waals surface area contributed by atoms with E-state index in [-0.39, 0.29) is 11.7 Å². The van der Waals surface area contributed by atoms with Crippen LogP contribution in [-0.2, 0) is 0 Å². The zero-order chi connectivity index (χ0) is 10.8. The predicted molar refractivity (Wildman–Crippen MR) is 55.4 cm³/mol. The van der Waals surface area contributed by atoms with Crippen molar-refractivity contribution in [1.82, 2.24) is 4.90 Å². The summed E-state index contributed by atoms with van der Waals surface area (Å²) in [5, 5.41) is 0. The summed E-state index contributed by atoms with van der Waals surface area (Å²) in [6.07, 6.45) is 0. The quantitative estimate of drug-likeness (QED) is 0.688. The van der Waals surface area contributed by atoms with E-state index in [1.165, 1.54) is 24.3 Å². The van der Waals surface area contributed by atoms with E-state index in [9.17, 15) is 9.18 Å². The maximum atomic E-state index is 12.7. The van der Waals surface area contributed by atoms with E-state index in [0.717, 1.165) is 5.84 Å². The van der Waals surface area contributed by atoms with E-state index in [1.54, 1.807) is 11.8 Å². The molecule has 1 heterocycles. The van der Waals surface area contributed by atoms with Crippen LogP contribution >= 0.6 is 0 Å². The van der Waals surface area contributed by atoms with Gasteiger partial charge in [-0.3, -0.25) is 14.7 Å². The van der Waals surface area contributed by atoms with Crippen LogP contribution in [-0.4, -0.2) is 29.7 Å². The summed E-state index contributed by atoms with van der Waals surface area (Å²) in [6.45, 7) is 3.06. The molecule has 3 nitrogen and oxygen atoms in total. The Hall–Kier alpha value is -1.71. The number of halogens is 1. The molecule has 0 N–H and O–H groups in total. The largest absolute Gasteiger partial charge is 0.295 e. The molecule has 0 unspecified atom stereocenters. The van der Waals surface area contributed by atoms with Crippen LogP contribution in [0.15, 0.2) is 29.3 Å². The van der Waals surface area contributed by atoms with E-state index in [1.807, 2.05) is 0 Å². The molecule has 0 atom stereocenters. The normalized spacial score (nSPS) is 15.3. The first-order valence-corrected chi connectivity index (χ1v) is 4.77. The van der Waals surface area contributed by atoms with Gasteiger partial charge in [0.25, 0.3) is 5.91 Å². The van der Waals surface area contributed by atoms with Crippen LogP contribution in [0.1, 0.15) is 17.3 Å². The van der Waals surface area contributed by atoms with Gasteiger partial charge < -0.3 is 0 Å². The molecule has 0 aliphatic carbocycles. The highest BCUT2D eigenvalue weighted by Gasteiger charge is 2.21. The van der Waals surface area contributed by atoms with E-state index >= 15 is 0 Å². The molecule has 1 amide bonds. The Morgan fingerprint density at radius 3 is 2.60 bits per heavy atom. The lowest BCUT2D eigenvalue weighted by Gasteiger charge is -2.15. The van der Waals surface area contributed by atoms with E-state index < -0.39 is 0 Å². The second-order valence-electron chi connectivity index (χ2n) is 3.39. The van der Waals surface area contributed by atoms with Crippen molar-refractivity contribution in [2.45, 2.75) is 6.92 Å². The molecular weight excluding hydrogens is 195 g/mol. The molecule has 4 heteroatoms. The number of carbonyl (C=O) groups excluding carboxylic acids is 1. The number of nitrogens with zero attached hydrogens (tertiary/aromatic N) is 2. The number of amides is 1. The molecule has 0 fully saturated rings. The molecule has 0 spiro atoms. The third-order valence-electron chi connectivity index (χ3n) is 2.39. The molecule has 78 valence electrons. The van der Waals surface area contributed by atoms with Gasteiger partial charge in [-0.15, -0.1) is 0 Å². The Kier molecular flexibility index (Phi) is 2.49. The van der Waals surface area contributed by atoms with Crippen molar-refractivity contribution in [2.75, 3.05) is 13.1 Å². The Bertz CT molecular complexity index is 411. The number of benzene rings is 1. The van der Waals surface area contributed by atoms with E-state index in [0.29, 0.717) is 18.7 Å². The highest BCUT2D eigenvalue weighted by Crippen LogP contribution is 2.10. The first-order chi connectivity index (χ1) is 7.18. The van der Waals surface area contributed by atoms with Gasteiger partial charge in [0, 0.05) is 12.1 Å². The zero-order valence-electron chi connectivity index (χ0n) is 8.40. The Labute approximate surface area is 87.2 Å². The summed E-state index contributed by atoms with van der Waals surface area (Å²) >= 11 is 0. The standard InChI is InChI=1S/C11H11FN2O/c1-8-13-6-7-14(8)11(15)9-2-4-10(12)5-3-9/h2-5H,6-7H2,1H3. The number of rotatable bonds is 1. The van der Waals surface area contributed by atoms with Crippen molar-refractivity contribution in [3.05, 3.63) is 35.6 Å². The highest BCUT2D eigenvalue weighted by atomic mass is 19.1. The van der Waals surface area contributed by atoms with Gasteiger partial charge in [0.1, 0.15) is 11.7 Å². The van der Waals surface area contributed by atoms with Crippen molar-refractivity contribution in [3.8, 4) is 0 Å². The molecule has 0 radical (unpaired) electrons. The van der Waals surface area contributed by atoms with Crippen molar-refractivity contribution in [3.63, 3.8) is 0 Å². The minimum atomic E-state index is -0.335. The lowest BCUT2D eigenvalue weighted by atomic mass is 10.2. The van der Waals surface area contributed by atoms with Crippen LogP contribution in [0.3, 0.4) is 0 Å². The summed E-state index contributed by atoms with van der Waals surface area (Å²) in [4.78, 5) is 17.6. The second-order valence-corrected chi connectivity index (χ2v) is 3.39. The Balaban J connectivity index is 2.21. The molecule has 1 aliphatic rings. The molecule has 2 rings (SSSR count). The molecule has 0 saturated carbocycles. The van der Waals surface area contributed by atoms with Crippen molar-refractivity contribution in [1.29, 1.82) is 0 Å². The van der Waals surface area contributed by atoms with Crippen LogP contribution in [0.2, 0.25) is 0 Å². The summed E-state index contributed by atoms with van der Waals surface area (Å²) in [6, 6.07) is 5.55. The maximum Gasteiger partial charge on any atom is 0.259 e. The fraction of sp³-hybridized carbons (Fsp3) is 0.273. The molecule has 0 bridgehead atoms. The molecule has 0 saturated heterocycles. The first-order valence-electron chi connectivity index (χ1n) is 4.77. The molecule has 0 aromatic heterocycles. The number of carbonyl (C=O) groups is 1. The summed E-state index contributed by atoms with van der Waals surface area (Å²) in [5.41, 5.74) is 0.493. The topological polar surface area (TPSA) is 32.7 Å². The minimum Gasteiger partial charge on any atom is -0.295 e. The third kappa shape index (κ3) is 1.88. The lowest BCUT2D eigenvalue weighted by Crippen LogP contribution is -2.32. The van der Waals surface area contributed by atoms with Gasteiger partial charge in [-0.1, -0.05) is 0 Å². The summed E-state index contributed by atoms with van der Waals surface area (Å²) in [7, 11) is 0. The van der Waals surface area contributed by atoms with Gasteiger partial charge in [0.15, 0.2) is 0 Å². The van der Waals surface area contributed by atoms with Gasteiger partial charge in [0.2, 0.25) is 0 Å². The van der Waals surface area contributed by atoms with E-state index in [2.05, 4.69) is 4.99 Å². The minimum absolute atomic E-state index is 0.117. The van der Waals surface area contributed by atoms with E-state index in [4.69, 9.17) is 0 Å². The molecular formula is C11H11FN2O. The average molecular weight is 206 g/mol. The van der Waals surface area contributed by atoms with Gasteiger partial charge in [-0.05, 0) is 31.2 Å². The van der Waals surface area contributed by atoms with Crippen LogP contribution < -0.4 is 0 Å². The Morgan fingerprint density at radius 1 is 1.40 bits per heavy atom. The molecule has 15 heavy (non-hydrogen) atoms. The maximum absolute atomic E-state index is 12.7. The third-order valence-corrected chi connectivity index (χ3v) is 2.39. The summed E-state index contributed by atoms with van der Waals surface area (Å²) in [5.74, 6) is 0.274. The summed E-state index contributed by atoms with van der Waals surface area (Å²) < 4.78 is 12.7. The predicted octanol–water partition coefficient (Wildman–Crippen LogP) is 1.70. The molecule has 1 aromatic carbocycles. The fourth-order valence-corrected chi connectivity index (χ4v) is 1.56. The lowest BCUT2D eigenvalue weighted by molar-refractivity contribution is 0.0857.